The maximum Gasteiger partial charge on any atom is 0.243 e. The highest BCUT2D eigenvalue weighted by atomic mass is 32.2. The lowest BCUT2D eigenvalue weighted by Gasteiger charge is -2.35. The van der Waals surface area contributed by atoms with Crippen molar-refractivity contribution in [1.82, 2.24) is 9.62 Å². The zero-order valence-corrected chi connectivity index (χ0v) is 17.2. The molecule has 0 saturated carbocycles. The highest BCUT2D eigenvalue weighted by Gasteiger charge is 2.26. The summed E-state index contributed by atoms with van der Waals surface area (Å²) in [6.45, 7) is 2.68. The van der Waals surface area contributed by atoms with E-state index in [2.05, 4.69) is 10.2 Å². The Morgan fingerprint density at radius 2 is 1.55 bits per heavy atom. The number of sulfonamides is 1. The van der Waals surface area contributed by atoms with Crippen LogP contribution in [0.1, 0.15) is 12.0 Å². The molecule has 1 aliphatic heterocycles. The number of nitrogens with one attached hydrogen (secondary N) is 1. The fourth-order valence-electron chi connectivity index (χ4n) is 3.25. The average molecular weight is 414 g/mol. The molecule has 0 aliphatic carbocycles. The summed E-state index contributed by atoms with van der Waals surface area (Å²) in [7, 11) is -3.30. The minimum Gasteiger partial charge on any atom is -0.369 e. The molecule has 7 heteroatoms. The maximum atomic E-state index is 12.6. The Labute approximate surface area is 172 Å². The van der Waals surface area contributed by atoms with Crippen LogP contribution in [0.2, 0.25) is 0 Å². The summed E-state index contributed by atoms with van der Waals surface area (Å²) in [5.41, 5.74) is 2.07. The molecule has 1 N–H and O–H groups in total. The Hall–Kier alpha value is -2.64. The molecule has 0 bridgehead atoms. The van der Waals surface area contributed by atoms with Gasteiger partial charge in [0.15, 0.2) is 0 Å². The molecule has 2 aromatic rings. The van der Waals surface area contributed by atoms with Crippen molar-refractivity contribution in [3.05, 3.63) is 72.3 Å². The quantitative estimate of drug-likeness (QED) is 0.533. The first-order valence-corrected chi connectivity index (χ1v) is 11.4. The molecule has 0 radical (unpaired) electrons. The zero-order chi connectivity index (χ0) is 20.5. The van der Waals surface area contributed by atoms with Gasteiger partial charge in [-0.1, -0.05) is 48.5 Å². The first kappa shape index (κ1) is 21.1. The number of piperazine rings is 1. The summed E-state index contributed by atoms with van der Waals surface area (Å²) in [6, 6.07) is 19.6. The lowest BCUT2D eigenvalue weighted by Crippen LogP contribution is -2.49. The Bertz CT molecular complexity index is 907. The van der Waals surface area contributed by atoms with Gasteiger partial charge in [-0.25, -0.2) is 8.42 Å². The molecule has 1 saturated heterocycles. The van der Waals surface area contributed by atoms with Gasteiger partial charge in [0, 0.05) is 44.5 Å². The van der Waals surface area contributed by atoms with Crippen molar-refractivity contribution in [2.24, 2.45) is 0 Å². The van der Waals surface area contributed by atoms with Crippen molar-refractivity contribution in [2.45, 2.75) is 6.42 Å². The summed E-state index contributed by atoms with van der Waals surface area (Å²) in [5, 5.41) is 2.74. The summed E-state index contributed by atoms with van der Waals surface area (Å²) in [6.07, 6.45) is 3.59. The normalized spacial score (nSPS) is 15.5. The number of hydrogen-bond donors (Lipinski definition) is 1. The van der Waals surface area contributed by atoms with Gasteiger partial charge in [0.1, 0.15) is 0 Å². The minimum absolute atomic E-state index is 0.0427. The predicted octanol–water partition coefficient (Wildman–Crippen LogP) is 2.36. The van der Waals surface area contributed by atoms with E-state index in [4.69, 9.17) is 0 Å². The van der Waals surface area contributed by atoms with Gasteiger partial charge in [0.05, 0.1) is 5.75 Å². The van der Waals surface area contributed by atoms with E-state index in [1.165, 1.54) is 6.08 Å². The molecule has 1 heterocycles. The van der Waals surface area contributed by atoms with Crippen LogP contribution >= 0.6 is 0 Å². The Balaban J connectivity index is 1.38. The van der Waals surface area contributed by atoms with Gasteiger partial charge in [-0.15, -0.1) is 0 Å². The second-order valence-corrected chi connectivity index (χ2v) is 9.01. The Morgan fingerprint density at radius 1 is 0.931 bits per heavy atom. The van der Waals surface area contributed by atoms with Crippen molar-refractivity contribution < 1.29 is 13.2 Å². The first-order chi connectivity index (χ1) is 14.0. The lowest BCUT2D eigenvalue weighted by molar-refractivity contribution is -0.116. The SMILES string of the molecule is O=C(/C=C/c1ccccc1)NCCCS(=O)(=O)N1CCN(c2ccccc2)CC1. The molecule has 6 nitrogen and oxygen atoms in total. The van der Waals surface area contributed by atoms with Crippen LogP contribution in [0.25, 0.3) is 6.08 Å². The molecule has 3 rings (SSSR count). The number of hydrogen-bond acceptors (Lipinski definition) is 4. The van der Waals surface area contributed by atoms with Gasteiger partial charge < -0.3 is 10.2 Å². The minimum atomic E-state index is -3.30. The average Bonchev–Trinajstić information content (AvgIpc) is 2.77. The number of anilines is 1. The van der Waals surface area contributed by atoms with Crippen molar-refractivity contribution in [1.29, 1.82) is 0 Å². The van der Waals surface area contributed by atoms with Crippen molar-refractivity contribution >= 4 is 27.7 Å². The van der Waals surface area contributed by atoms with Crippen LogP contribution in [0, 0.1) is 0 Å². The fraction of sp³-hybridized carbons (Fsp3) is 0.318. The van der Waals surface area contributed by atoms with Crippen LogP contribution in [-0.2, 0) is 14.8 Å². The molecule has 2 aromatic carbocycles. The molecular weight excluding hydrogens is 386 g/mol. The number of amides is 1. The topological polar surface area (TPSA) is 69.7 Å². The third kappa shape index (κ3) is 6.44. The number of para-hydroxylation sites is 1. The molecule has 154 valence electrons. The smallest absolute Gasteiger partial charge is 0.243 e. The highest BCUT2D eigenvalue weighted by molar-refractivity contribution is 7.89. The van der Waals surface area contributed by atoms with Crippen molar-refractivity contribution in [3.8, 4) is 0 Å². The van der Waals surface area contributed by atoms with Crippen LogP contribution in [0.15, 0.2) is 66.7 Å². The van der Waals surface area contributed by atoms with Gasteiger partial charge in [-0.05, 0) is 30.2 Å². The van der Waals surface area contributed by atoms with E-state index < -0.39 is 10.0 Å². The number of benzene rings is 2. The van der Waals surface area contributed by atoms with Gasteiger partial charge in [-0.3, -0.25) is 4.79 Å². The lowest BCUT2D eigenvalue weighted by atomic mass is 10.2. The molecule has 1 amide bonds. The molecule has 0 spiro atoms. The van der Waals surface area contributed by atoms with Gasteiger partial charge in [-0.2, -0.15) is 4.31 Å². The number of rotatable bonds is 8. The maximum absolute atomic E-state index is 12.6. The van der Waals surface area contributed by atoms with Gasteiger partial charge >= 0.3 is 0 Å². The monoisotopic (exact) mass is 413 g/mol. The molecule has 1 aliphatic rings. The molecule has 0 atom stereocenters. The van der Waals surface area contributed by atoms with Crippen molar-refractivity contribution in [3.63, 3.8) is 0 Å². The van der Waals surface area contributed by atoms with Gasteiger partial charge in [0.25, 0.3) is 0 Å². The van der Waals surface area contributed by atoms with Crippen LogP contribution in [-0.4, -0.2) is 57.1 Å². The molecular formula is C22H27N3O3S. The van der Waals surface area contributed by atoms with Crippen LogP contribution in [0.5, 0.6) is 0 Å². The van der Waals surface area contributed by atoms with E-state index in [0.29, 0.717) is 39.1 Å². The first-order valence-electron chi connectivity index (χ1n) is 9.83. The molecule has 1 fully saturated rings. The summed E-state index contributed by atoms with van der Waals surface area (Å²) >= 11 is 0. The third-order valence-corrected chi connectivity index (χ3v) is 6.81. The van der Waals surface area contributed by atoms with E-state index in [0.717, 1.165) is 11.3 Å². The fourth-order valence-corrected chi connectivity index (χ4v) is 4.74. The van der Waals surface area contributed by atoms with Crippen LogP contribution < -0.4 is 10.2 Å². The Morgan fingerprint density at radius 3 is 2.21 bits per heavy atom. The van der Waals surface area contributed by atoms with E-state index in [9.17, 15) is 13.2 Å². The molecule has 29 heavy (non-hydrogen) atoms. The third-order valence-electron chi connectivity index (χ3n) is 4.86. The number of carbonyl (C=O) groups excluding carboxylic acids is 1. The number of carbonyl (C=O) groups is 1. The number of nitrogens with zero attached hydrogens (tertiary/aromatic N) is 2. The Kier molecular flexibility index (Phi) is 7.43. The van der Waals surface area contributed by atoms with E-state index in [1.807, 2.05) is 60.7 Å². The summed E-state index contributed by atoms with van der Waals surface area (Å²) in [5.74, 6) is -0.177. The van der Waals surface area contributed by atoms with Gasteiger partial charge in [0.2, 0.25) is 15.9 Å². The standard InChI is InChI=1S/C22H27N3O3S/c26-22(13-12-20-8-3-1-4-9-20)23-14-7-19-29(27,28)25-17-15-24(16-18-25)21-10-5-2-6-11-21/h1-6,8-13H,7,14-19H2,(H,23,26)/b13-12+. The summed E-state index contributed by atoms with van der Waals surface area (Å²) < 4.78 is 26.7. The van der Waals surface area contributed by atoms with Crippen LogP contribution in [0.3, 0.4) is 0 Å². The second-order valence-electron chi connectivity index (χ2n) is 6.93. The van der Waals surface area contributed by atoms with Crippen LogP contribution in [0.4, 0.5) is 5.69 Å². The largest absolute Gasteiger partial charge is 0.369 e. The summed E-state index contributed by atoms with van der Waals surface area (Å²) in [4.78, 5) is 14.0. The predicted molar refractivity (Wildman–Crippen MR) is 117 cm³/mol. The van der Waals surface area contributed by atoms with Crippen molar-refractivity contribution in [2.75, 3.05) is 43.4 Å². The zero-order valence-electron chi connectivity index (χ0n) is 16.4. The highest BCUT2D eigenvalue weighted by Crippen LogP contribution is 2.17. The van der Waals surface area contributed by atoms with E-state index in [1.54, 1.807) is 10.4 Å². The molecule has 0 aromatic heterocycles. The molecule has 0 unspecified atom stereocenters. The van der Waals surface area contributed by atoms with E-state index >= 15 is 0 Å². The van der Waals surface area contributed by atoms with E-state index in [-0.39, 0.29) is 11.7 Å². The second kappa shape index (κ2) is 10.2.